The molecule has 6 nitrogen and oxygen atoms in total. The first-order valence-corrected chi connectivity index (χ1v) is 8.40. The van der Waals surface area contributed by atoms with E-state index in [4.69, 9.17) is 0 Å². The lowest BCUT2D eigenvalue weighted by Crippen LogP contribution is -2.30. The van der Waals surface area contributed by atoms with Gasteiger partial charge in [-0.25, -0.2) is 14.5 Å². The van der Waals surface area contributed by atoms with Gasteiger partial charge in [0.05, 0.1) is 13.1 Å². The fourth-order valence-electron chi connectivity index (χ4n) is 2.34. The molecule has 1 aromatic carbocycles. The molecule has 7 heteroatoms. The van der Waals surface area contributed by atoms with Gasteiger partial charge in [0, 0.05) is 22.5 Å². The molecule has 0 saturated heterocycles. The summed E-state index contributed by atoms with van der Waals surface area (Å²) in [4.78, 5) is 20.4. The van der Waals surface area contributed by atoms with Crippen molar-refractivity contribution in [1.29, 1.82) is 0 Å². The highest BCUT2D eigenvalue weighted by Crippen LogP contribution is 2.17. The van der Waals surface area contributed by atoms with Crippen molar-refractivity contribution in [1.82, 2.24) is 19.7 Å². The van der Waals surface area contributed by atoms with E-state index in [1.807, 2.05) is 24.3 Å². The summed E-state index contributed by atoms with van der Waals surface area (Å²) in [5.74, 6) is 0. The molecule has 0 aliphatic rings. The zero-order valence-corrected chi connectivity index (χ0v) is 14.5. The Kier molecular flexibility index (Phi) is 4.90. The highest BCUT2D eigenvalue weighted by Gasteiger charge is 2.10. The Bertz CT molecular complexity index is 812. The molecule has 2 amide bonds. The number of rotatable bonds is 5. The lowest BCUT2D eigenvalue weighted by molar-refractivity contribution is 0.221. The molecule has 0 atom stereocenters. The minimum Gasteiger partial charge on any atom is -0.322 e. The number of hydrogen-bond acceptors (Lipinski definition) is 4. The highest BCUT2D eigenvalue weighted by atomic mass is 32.1. The number of nitrogens with one attached hydrogen (secondary N) is 1. The van der Waals surface area contributed by atoms with Crippen LogP contribution >= 0.6 is 11.3 Å². The minimum atomic E-state index is -0.126. The largest absolute Gasteiger partial charge is 0.322 e. The van der Waals surface area contributed by atoms with Crippen LogP contribution in [0.25, 0.3) is 0 Å². The van der Waals surface area contributed by atoms with Gasteiger partial charge in [-0.3, -0.25) is 0 Å². The van der Waals surface area contributed by atoms with Gasteiger partial charge in [0.25, 0.3) is 0 Å². The predicted molar refractivity (Wildman–Crippen MR) is 95.1 cm³/mol. The lowest BCUT2D eigenvalue weighted by Gasteiger charge is -2.17. The Morgan fingerprint density at radius 1 is 1.33 bits per heavy atom. The van der Waals surface area contributed by atoms with Gasteiger partial charge in [-0.1, -0.05) is 12.1 Å². The summed E-state index contributed by atoms with van der Waals surface area (Å²) in [6, 6.07) is 11.7. The zero-order valence-electron chi connectivity index (χ0n) is 13.6. The molecule has 0 aliphatic heterocycles. The van der Waals surface area contributed by atoms with Crippen LogP contribution in [-0.2, 0) is 13.1 Å². The maximum absolute atomic E-state index is 12.3. The number of aromatic nitrogens is 3. The summed E-state index contributed by atoms with van der Waals surface area (Å²) in [6.07, 6.45) is 3.18. The Morgan fingerprint density at radius 2 is 2.21 bits per heavy atom. The molecule has 0 bridgehead atoms. The van der Waals surface area contributed by atoms with Crippen molar-refractivity contribution in [3.63, 3.8) is 0 Å². The molecule has 2 heterocycles. The summed E-state index contributed by atoms with van der Waals surface area (Å²) in [6.45, 7) is 3.28. The van der Waals surface area contributed by atoms with Crippen molar-refractivity contribution in [2.24, 2.45) is 0 Å². The van der Waals surface area contributed by atoms with Crippen molar-refractivity contribution < 1.29 is 4.79 Å². The Labute approximate surface area is 144 Å². The molecule has 3 aromatic rings. The van der Waals surface area contributed by atoms with Crippen LogP contribution in [-0.4, -0.2) is 32.7 Å². The average Bonchev–Trinajstić information content (AvgIpc) is 3.19. The second-order valence-electron chi connectivity index (χ2n) is 5.59. The number of thiophene rings is 1. The van der Waals surface area contributed by atoms with Crippen LogP contribution in [0.5, 0.6) is 0 Å². The first kappa shape index (κ1) is 16.2. The number of anilines is 1. The van der Waals surface area contributed by atoms with E-state index < -0.39 is 0 Å². The first-order chi connectivity index (χ1) is 11.6. The zero-order chi connectivity index (χ0) is 16.9. The third kappa shape index (κ3) is 4.20. The van der Waals surface area contributed by atoms with Gasteiger partial charge in [0.1, 0.15) is 12.7 Å². The van der Waals surface area contributed by atoms with Gasteiger partial charge >= 0.3 is 6.03 Å². The number of aryl methyl sites for hydroxylation is 1. The molecular weight excluding hydrogens is 322 g/mol. The van der Waals surface area contributed by atoms with E-state index in [0.29, 0.717) is 13.1 Å². The van der Waals surface area contributed by atoms with Crippen LogP contribution in [0.2, 0.25) is 0 Å². The molecule has 0 radical (unpaired) electrons. The van der Waals surface area contributed by atoms with Gasteiger partial charge in [0.15, 0.2) is 0 Å². The van der Waals surface area contributed by atoms with E-state index in [2.05, 4.69) is 34.5 Å². The maximum Gasteiger partial charge on any atom is 0.321 e. The molecule has 0 aliphatic carbocycles. The SMILES string of the molecule is Cc1ccc(CN(C)C(=O)Nc2cccc(Cn3cncn3)c2)s1. The molecule has 3 rings (SSSR count). The Morgan fingerprint density at radius 3 is 2.92 bits per heavy atom. The quantitative estimate of drug-likeness (QED) is 0.774. The van der Waals surface area contributed by atoms with Crippen LogP contribution in [0.15, 0.2) is 49.1 Å². The van der Waals surface area contributed by atoms with Gasteiger partial charge in [-0.15, -0.1) is 11.3 Å². The van der Waals surface area contributed by atoms with Crippen LogP contribution < -0.4 is 5.32 Å². The number of carbonyl (C=O) groups is 1. The van der Waals surface area contributed by atoms with Crippen molar-refractivity contribution in [3.05, 3.63) is 64.4 Å². The molecule has 0 saturated carbocycles. The number of nitrogens with zero attached hydrogens (tertiary/aromatic N) is 4. The van der Waals surface area contributed by atoms with Crippen LogP contribution in [0, 0.1) is 6.92 Å². The smallest absolute Gasteiger partial charge is 0.321 e. The standard InChI is InChI=1S/C17H19N5OS/c1-13-6-7-16(24-13)10-21(2)17(23)20-15-5-3-4-14(8-15)9-22-12-18-11-19-22/h3-8,11-12H,9-10H2,1-2H3,(H,20,23). The normalized spacial score (nSPS) is 10.6. The van der Waals surface area contributed by atoms with Gasteiger partial charge in [-0.05, 0) is 36.8 Å². The maximum atomic E-state index is 12.3. The number of carbonyl (C=O) groups excluding carboxylic acids is 1. The van der Waals surface area contributed by atoms with Crippen LogP contribution in [0.1, 0.15) is 15.3 Å². The summed E-state index contributed by atoms with van der Waals surface area (Å²) in [7, 11) is 1.80. The fourth-order valence-corrected chi connectivity index (χ4v) is 3.29. The number of benzene rings is 1. The van der Waals surface area contributed by atoms with E-state index in [1.165, 1.54) is 16.1 Å². The second-order valence-corrected chi connectivity index (χ2v) is 6.96. The molecule has 124 valence electrons. The van der Waals surface area contributed by atoms with E-state index in [1.54, 1.807) is 34.3 Å². The Hall–Kier alpha value is -2.67. The lowest BCUT2D eigenvalue weighted by atomic mass is 10.2. The number of urea groups is 1. The van der Waals surface area contributed by atoms with Crippen molar-refractivity contribution in [2.75, 3.05) is 12.4 Å². The van der Waals surface area contributed by atoms with Crippen molar-refractivity contribution >= 4 is 23.1 Å². The van der Waals surface area contributed by atoms with Gasteiger partial charge < -0.3 is 10.2 Å². The topological polar surface area (TPSA) is 63.1 Å². The number of hydrogen-bond donors (Lipinski definition) is 1. The summed E-state index contributed by atoms with van der Waals surface area (Å²) < 4.78 is 1.74. The third-order valence-electron chi connectivity index (χ3n) is 3.53. The summed E-state index contributed by atoms with van der Waals surface area (Å²) in [5.41, 5.74) is 1.82. The summed E-state index contributed by atoms with van der Waals surface area (Å²) >= 11 is 1.71. The first-order valence-electron chi connectivity index (χ1n) is 7.59. The second kappa shape index (κ2) is 7.27. The van der Waals surface area contributed by atoms with Crippen molar-refractivity contribution in [2.45, 2.75) is 20.0 Å². The Balaban J connectivity index is 1.61. The van der Waals surface area contributed by atoms with Crippen LogP contribution in [0.4, 0.5) is 10.5 Å². The highest BCUT2D eigenvalue weighted by molar-refractivity contribution is 7.11. The molecule has 24 heavy (non-hydrogen) atoms. The van der Waals surface area contributed by atoms with Crippen LogP contribution in [0.3, 0.4) is 0 Å². The van der Waals surface area contributed by atoms with E-state index >= 15 is 0 Å². The average molecular weight is 341 g/mol. The molecule has 2 aromatic heterocycles. The summed E-state index contributed by atoms with van der Waals surface area (Å²) in [5, 5.41) is 7.03. The van der Waals surface area contributed by atoms with Gasteiger partial charge in [-0.2, -0.15) is 5.10 Å². The predicted octanol–water partition coefficient (Wildman–Crippen LogP) is 3.36. The third-order valence-corrected chi connectivity index (χ3v) is 4.51. The van der Waals surface area contributed by atoms with E-state index in [0.717, 1.165) is 11.3 Å². The fraction of sp³-hybridized carbons (Fsp3) is 0.235. The molecule has 1 N–H and O–H groups in total. The molecule has 0 unspecified atom stereocenters. The molecule has 0 fully saturated rings. The van der Waals surface area contributed by atoms with Gasteiger partial charge in [0.2, 0.25) is 0 Å². The minimum absolute atomic E-state index is 0.126. The van der Waals surface area contributed by atoms with E-state index in [9.17, 15) is 4.79 Å². The monoisotopic (exact) mass is 341 g/mol. The van der Waals surface area contributed by atoms with E-state index in [-0.39, 0.29) is 6.03 Å². The number of amides is 2. The van der Waals surface area contributed by atoms with Crippen molar-refractivity contribution in [3.8, 4) is 0 Å². The molecule has 0 spiro atoms. The molecular formula is C17H19N5OS.